The fourth-order valence-electron chi connectivity index (χ4n) is 4.27. The first-order chi connectivity index (χ1) is 15.1. The van der Waals surface area contributed by atoms with E-state index in [4.69, 9.17) is 0 Å². The highest BCUT2D eigenvalue weighted by molar-refractivity contribution is 8.04. The average Bonchev–Trinajstić information content (AvgIpc) is 2.81. The Balaban J connectivity index is 1.49. The fourth-order valence-corrected chi connectivity index (χ4v) is 5.74. The van der Waals surface area contributed by atoms with Gasteiger partial charge in [-0.05, 0) is 48.6 Å². The summed E-state index contributed by atoms with van der Waals surface area (Å²) in [5.41, 5.74) is 3.12. The number of thioether (sulfide) groups is 1. The molecule has 4 rings (SSSR count). The quantitative estimate of drug-likeness (QED) is 0.691. The van der Waals surface area contributed by atoms with E-state index < -0.39 is 0 Å². The van der Waals surface area contributed by atoms with Crippen LogP contribution >= 0.6 is 11.8 Å². The van der Waals surface area contributed by atoms with Crippen molar-refractivity contribution in [2.24, 2.45) is 0 Å². The number of fused-ring (bicyclic) bond motifs is 1. The maximum absolute atomic E-state index is 13.4. The Bertz CT molecular complexity index is 943. The van der Waals surface area contributed by atoms with Gasteiger partial charge in [0.25, 0.3) is 5.91 Å². The summed E-state index contributed by atoms with van der Waals surface area (Å²) in [6, 6.07) is 14.1. The maximum Gasteiger partial charge on any atom is 0.261 e. The second kappa shape index (κ2) is 10.1. The van der Waals surface area contributed by atoms with Crippen LogP contribution < -0.4 is 5.32 Å². The van der Waals surface area contributed by atoms with Gasteiger partial charge < -0.3 is 10.2 Å². The van der Waals surface area contributed by atoms with Crippen LogP contribution in [0.25, 0.3) is 6.08 Å². The number of hydrogen-bond donors (Lipinski definition) is 1. The highest BCUT2D eigenvalue weighted by Gasteiger charge is 2.41. The number of hydrogen-bond acceptors (Lipinski definition) is 4. The van der Waals surface area contributed by atoms with E-state index in [1.165, 1.54) is 12.0 Å². The third kappa shape index (κ3) is 5.37. The summed E-state index contributed by atoms with van der Waals surface area (Å²) in [4.78, 5) is 32.8. The smallest absolute Gasteiger partial charge is 0.261 e. The van der Waals surface area contributed by atoms with Crippen LogP contribution in [0, 0.1) is 0 Å². The molecule has 1 aromatic heterocycles. The second-order valence-electron chi connectivity index (χ2n) is 8.14. The summed E-state index contributed by atoms with van der Waals surface area (Å²) >= 11 is 1.70. The van der Waals surface area contributed by atoms with E-state index >= 15 is 0 Å². The fraction of sp³-hybridized carbons (Fsp3) is 0.400. The lowest BCUT2D eigenvalue weighted by atomic mass is 9.93. The highest BCUT2D eigenvalue weighted by atomic mass is 32.2. The molecule has 0 radical (unpaired) electrons. The van der Waals surface area contributed by atoms with Crippen LogP contribution in [-0.4, -0.2) is 39.5 Å². The topological polar surface area (TPSA) is 62.3 Å². The molecule has 6 heteroatoms. The number of carbonyl (C=O) groups excluding carboxylic acids is 2. The Labute approximate surface area is 188 Å². The molecule has 1 saturated carbocycles. The number of nitrogens with zero attached hydrogens (tertiary/aromatic N) is 2. The van der Waals surface area contributed by atoms with Gasteiger partial charge in [0, 0.05) is 17.5 Å². The third-order valence-corrected chi connectivity index (χ3v) is 7.41. The van der Waals surface area contributed by atoms with Crippen molar-refractivity contribution in [3.63, 3.8) is 0 Å². The van der Waals surface area contributed by atoms with Gasteiger partial charge in [-0.25, -0.2) is 0 Å². The van der Waals surface area contributed by atoms with E-state index in [-0.39, 0.29) is 24.4 Å². The van der Waals surface area contributed by atoms with Gasteiger partial charge in [0.2, 0.25) is 5.91 Å². The number of aromatic nitrogens is 1. The molecular weight excluding hydrogens is 406 g/mol. The molecule has 1 aromatic carbocycles. The predicted octanol–water partition coefficient (Wildman–Crippen LogP) is 4.19. The Morgan fingerprint density at radius 2 is 2.00 bits per heavy atom. The number of nitrogens with one attached hydrogen (secondary N) is 1. The molecule has 31 heavy (non-hydrogen) atoms. The van der Waals surface area contributed by atoms with Crippen LogP contribution in [0.4, 0.5) is 0 Å². The summed E-state index contributed by atoms with van der Waals surface area (Å²) in [6.07, 6.45) is 9.03. The Kier molecular flexibility index (Phi) is 7.07. The average molecular weight is 436 g/mol. The molecule has 2 aromatic rings. The molecule has 2 fully saturated rings. The van der Waals surface area contributed by atoms with Gasteiger partial charge >= 0.3 is 0 Å². The molecule has 162 valence electrons. The normalized spacial score (nSPS) is 22.3. The first-order valence-electron chi connectivity index (χ1n) is 11.1. The number of benzene rings is 1. The number of rotatable bonds is 6. The number of aryl methyl sites for hydroxylation is 1. The van der Waals surface area contributed by atoms with Gasteiger partial charge in [-0.3, -0.25) is 14.6 Å². The summed E-state index contributed by atoms with van der Waals surface area (Å²) in [5.74, 6) is -0.164. The van der Waals surface area contributed by atoms with Crippen LogP contribution in [0.5, 0.6) is 0 Å². The zero-order valence-corrected chi connectivity index (χ0v) is 18.7. The van der Waals surface area contributed by atoms with Gasteiger partial charge in [0.15, 0.2) is 0 Å². The van der Waals surface area contributed by atoms with Crippen LogP contribution in [0.1, 0.15) is 49.4 Å². The Morgan fingerprint density at radius 1 is 1.19 bits per heavy atom. The SMILES string of the molecule is CCc1ccc(/C=C2/SC3CCCCC3N(CC(=O)NCc3ccccn3)C2=O)cc1. The minimum atomic E-state index is -0.137. The molecule has 2 amide bonds. The molecule has 1 aliphatic carbocycles. The lowest BCUT2D eigenvalue weighted by Gasteiger charge is -2.43. The summed E-state index contributed by atoms with van der Waals surface area (Å²) in [5, 5.41) is 3.28. The van der Waals surface area contributed by atoms with Crippen molar-refractivity contribution in [2.75, 3.05) is 6.54 Å². The minimum Gasteiger partial charge on any atom is -0.349 e. The first-order valence-corrected chi connectivity index (χ1v) is 12.0. The summed E-state index contributed by atoms with van der Waals surface area (Å²) in [6.45, 7) is 2.60. The Morgan fingerprint density at radius 3 is 2.74 bits per heavy atom. The molecule has 2 aliphatic rings. The van der Waals surface area contributed by atoms with Crippen LogP contribution in [0.15, 0.2) is 53.6 Å². The van der Waals surface area contributed by atoms with Crippen molar-refractivity contribution in [3.05, 3.63) is 70.4 Å². The first kappa shape index (κ1) is 21.6. The molecular formula is C25H29N3O2S. The van der Waals surface area contributed by atoms with Crippen molar-refractivity contribution >= 4 is 29.7 Å². The third-order valence-electron chi connectivity index (χ3n) is 6.01. The van der Waals surface area contributed by atoms with E-state index in [1.807, 2.05) is 24.3 Å². The molecule has 2 unspecified atom stereocenters. The van der Waals surface area contributed by atoms with Gasteiger partial charge in [-0.1, -0.05) is 50.1 Å². The Hall–Kier alpha value is -2.60. The predicted molar refractivity (Wildman–Crippen MR) is 125 cm³/mol. The zero-order valence-electron chi connectivity index (χ0n) is 17.9. The minimum absolute atomic E-state index is 0.0271. The van der Waals surface area contributed by atoms with Crippen LogP contribution in [-0.2, 0) is 22.6 Å². The molecule has 1 aliphatic heterocycles. The lowest BCUT2D eigenvalue weighted by Crippen LogP contribution is -2.54. The molecule has 2 atom stereocenters. The molecule has 1 saturated heterocycles. The van der Waals surface area contributed by atoms with Crippen LogP contribution in [0.3, 0.4) is 0 Å². The van der Waals surface area contributed by atoms with E-state index in [1.54, 1.807) is 22.9 Å². The van der Waals surface area contributed by atoms with Crippen molar-refractivity contribution in [2.45, 2.75) is 56.9 Å². The van der Waals surface area contributed by atoms with Crippen molar-refractivity contribution in [1.82, 2.24) is 15.2 Å². The van der Waals surface area contributed by atoms with Gasteiger partial charge in [-0.2, -0.15) is 0 Å². The second-order valence-corrected chi connectivity index (χ2v) is 9.42. The van der Waals surface area contributed by atoms with E-state index in [0.29, 0.717) is 11.8 Å². The van der Waals surface area contributed by atoms with Gasteiger partial charge in [-0.15, -0.1) is 11.8 Å². The van der Waals surface area contributed by atoms with Crippen LogP contribution in [0.2, 0.25) is 0 Å². The van der Waals surface area contributed by atoms with Crippen molar-refractivity contribution in [1.29, 1.82) is 0 Å². The molecule has 0 bridgehead atoms. The molecule has 2 heterocycles. The van der Waals surface area contributed by atoms with E-state index in [0.717, 1.165) is 41.8 Å². The van der Waals surface area contributed by atoms with Gasteiger partial charge in [0.1, 0.15) is 6.54 Å². The lowest BCUT2D eigenvalue weighted by molar-refractivity contribution is -0.135. The highest BCUT2D eigenvalue weighted by Crippen LogP contribution is 2.42. The monoisotopic (exact) mass is 435 g/mol. The van der Waals surface area contributed by atoms with Crippen molar-refractivity contribution in [3.8, 4) is 0 Å². The number of carbonyl (C=O) groups is 2. The van der Waals surface area contributed by atoms with Crippen molar-refractivity contribution < 1.29 is 9.59 Å². The molecule has 5 nitrogen and oxygen atoms in total. The van der Waals surface area contributed by atoms with Gasteiger partial charge in [0.05, 0.1) is 17.1 Å². The standard InChI is InChI=1S/C25H29N3O2S/c1-2-18-10-12-19(13-11-18)15-23-25(30)28(21-8-3-4-9-22(21)31-23)17-24(29)27-16-20-7-5-6-14-26-20/h5-7,10-15,21-22H,2-4,8-9,16-17H2,1H3,(H,27,29)/b23-15+. The largest absolute Gasteiger partial charge is 0.349 e. The van der Waals surface area contributed by atoms with E-state index in [2.05, 4.69) is 41.5 Å². The number of pyridine rings is 1. The molecule has 0 spiro atoms. The maximum atomic E-state index is 13.4. The number of amides is 2. The summed E-state index contributed by atoms with van der Waals surface area (Å²) in [7, 11) is 0. The zero-order chi connectivity index (χ0) is 21.6. The van der Waals surface area contributed by atoms with E-state index in [9.17, 15) is 9.59 Å². The summed E-state index contributed by atoms with van der Waals surface area (Å²) < 4.78 is 0. The molecule has 1 N–H and O–H groups in total.